The fraction of sp³-hybridized carbons (Fsp3) is 0.500. The minimum absolute atomic E-state index is 0.189. The van der Waals surface area contributed by atoms with Gasteiger partial charge in [0, 0.05) is 6.42 Å². The zero-order valence-corrected chi connectivity index (χ0v) is 12.8. The molecule has 1 aromatic carbocycles. The van der Waals surface area contributed by atoms with Gasteiger partial charge in [-0.05, 0) is 30.4 Å². The molecular formula is C16H24N2O3. The first-order valence-electron chi connectivity index (χ1n) is 7.13. The summed E-state index contributed by atoms with van der Waals surface area (Å²) < 4.78 is 0. The monoisotopic (exact) mass is 292 g/mol. The Morgan fingerprint density at radius 2 is 1.90 bits per heavy atom. The first-order valence-corrected chi connectivity index (χ1v) is 7.13. The second-order valence-corrected chi connectivity index (χ2v) is 5.74. The van der Waals surface area contributed by atoms with Gasteiger partial charge in [0.2, 0.25) is 11.8 Å². The Balaban J connectivity index is 2.73. The number of aryl methyl sites for hydroxylation is 1. The molecule has 21 heavy (non-hydrogen) atoms. The molecule has 0 fully saturated rings. The molecule has 0 aliphatic heterocycles. The third kappa shape index (κ3) is 5.55. The summed E-state index contributed by atoms with van der Waals surface area (Å²) in [5.41, 5.74) is 7.32. The summed E-state index contributed by atoms with van der Waals surface area (Å²) in [4.78, 5) is 23.4. The zero-order chi connectivity index (χ0) is 16.0. The van der Waals surface area contributed by atoms with Gasteiger partial charge in [-0.3, -0.25) is 9.59 Å². The Morgan fingerprint density at radius 1 is 1.29 bits per heavy atom. The number of carbonyl (C=O) groups excluding carboxylic acids is 2. The zero-order valence-electron chi connectivity index (χ0n) is 12.8. The Kier molecular flexibility index (Phi) is 6.37. The minimum atomic E-state index is -1.12. The molecule has 0 aliphatic carbocycles. The van der Waals surface area contributed by atoms with Gasteiger partial charge >= 0.3 is 0 Å². The molecule has 0 bridgehead atoms. The molecule has 2 atom stereocenters. The molecule has 0 saturated heterocycles. The van der Waals surface area contributed by atoms with Crippen LogP contribution >= 0.6 is 0 Å². The third-order valence-electron chi connectivity index (χ3n) is 3.34. The van der Waals surface area contributed by atoms with Crippen LogP contribution in [-0.4, -0.2) is 29.1 Å². The van der Waals surface area contributed by atoms with Crippen LogP contribution in [0.2, 0.25) is 0 Å². The van der Waals surface area contributed by atoms with Crippen LogP contribution < -0.4 is 11.1 Å². The van der Waals surface area contributed by atoms with Crippen molar-refractivity contribution in [1.82, 2.24) is 5.32 Å². The number of primary amides is 1. The lowest BCUT2D eigenvalue weighted by atomic mass is 10.00. The first-order chi connectivity index (χ1) is 9.81. The molecule has 5 nitrogen and oxygen atoms in total. The smallest absolute Gasteiger partial charge is 0.249 e. The Morgan fingerprint density at radius 3 is 2.43 bits per heavy atom. The molecule has 0 aliphatic rings. The molecule has 2 amide bonds. The molecule has 4 N–H and O–H groups in total. The van der Waals surface area contributed by atoms with E-state index in [-0.39, 0.29) is 5.92 Å². The number of benzene rings is 1. The lowest BCUT2D eigenvalue weighted by molar-refractivity contribution is -0.133. The Bertz CT molecular complexity index is 500. The number of carbonyl (C=O) groups is 2. The highest BCUT2D eigenvalue weighted by Crippen LogP contribution is 2.10. The summed E-state index contributed by atoms with van der Waals surface area (Å²) in [7, 11) is 0. The summed E-state index contributed by atoms with van der Waals surface area (Å²) in [5.74, 6) is -0.974. The predicted molar refractivity (Wildman–Crippen MR) is 81.5 cm³/mol. The molecule has 0 saturated carbocycles. The molecular weight excluding hydrogens is 268 g/mol. The normalized spacial score (nSPS) is 13.8. The number of aliphatic hydroxyl groups is 1. The van der Waals surface area contributed by atoms with Crippen molar-refractivity contribution in [3.63, 3.8) is 0 Å². The fourth-order valence-electron chi connectivity index (χ4n) is 2.10. The van der Waals surface area contributed by atoms with Crippen molar-refractivity contribution in [2.75, 3.05) is 0 Å². The van der Waals surface area contributed by atoms with Gasteiger partial charge in [0.05, 0.1) is 0 Å². The molecule has 0 unspecified atom stereocenters. The number of nitrogens with one attached hydrogen (secondary N) is 1. The van der Waals surface area contributed by atoms with Crippen LogP contribution in [0.25, 0.3) is 0 Å². The van der Waals surface area contributed by atoms with Gasteiger partial charge in [-0.1, -0.05) is 38.1 Å². The lowest BCUT2D eigenvalue weighted by Gasteiger charge is -2.19. The average molecular weight is 292 g/mol. The lowest BCUT2D eigenvalue weighted by Crippen LogP contribution is -2.49. The van der Waals surface area contributed by atoms with Crippen LogP contribution in [0.5, 0.6) is 0 Å². The van der Waals surface area contributed by atoms with Crippen molar-refractivity contribution in [1.29, 1.82) is 0 Å². The van der Waals surface area contributed by atoms with Crippen molar-refractivity contribution in [3.8, 4) is 0 Å². The maximum Gasteiger partial charge on any atom is 0.249 e. The standard InChI is InChI=1S/C16H24N2O3/c1-10(2)8-14(19)16(21)18-13(15(17)20)9-12-7-5-4-6-11(12)3/h4-7,10,13-14,19H,8-9H2,1-3H3,(H2,17,20)(H,18,21)/t13-,14-/m0/s1. The quantitative estimate of drug-likeness (QED) is 0.697. The molecule has 116 valence electrons. The summed E-state index contributed by atoms with van der Waals surface area (Å²) in [6.07, 6.45) is -0.451. The maximum atomic E-state index is 11.9. The van der Waals surface area contributed by atoms with E-state index < -0.39 is 24.0 Å². The van der Waals surface area contributed by atoms with E-state index in [1.165, 1.54) is 0 Å². The largest absolute Gasteiger partial charge is 0.383 e. The van der Waals surface area contributed by atoms with E-state index in [1.54, 1.807) is 0 Å². The van der Waals surface area contributed by atoms with Crippen LogP contribution in [0.1, 0.15) is 31.4 Å². The van der Waals surface area contributed by atoms with Crippen molar-refractivity contribution in [3.05, 3.63) is 35.4 Å². The van der Waals surface area contributed by atoms with Gasteiger partial charge in [-0.15, -0.1) is 0 Å². The number of rotatable bonds is 7. The molecule has 0 aromatic heterocycles. The highest BCUT2D eigenvalue weighted by Gasteiger charge is 2.23. The number of hydrogen-bond acceptors (Lipinski definition) is 3. The van der Waals surface area contributed by atoms with Crippen molar-refractivity contribution >= 4 is 11.8 Å². The second kappa shape index (κ2) is 7.78. The van der Waals surface area contributed by atoms with Gasteiger partial charge in [-0.25, -0.2) is 0 Å². The number of hydrogen-bond donors (Lipinski definition) is 3. The number of aliphatic hydroxyl groups excluding tert-OH is 1. The van der Waals surface area contributed by atoms with E-state index in [0.717, 1.165) is 11.1 Å². The number of nitrogens with two attached hydrogens (primary N) is 1. The summed E-state index contributed by atoms with van der Waals surface area (Å²) in [5, 5.41) is 12.3. The fourth-order valence-corrected chi connectivity index (χ4v) is 2.10. The Hall–Kier alpha value is -1.88. The predicted octanol–water partition coefficient (Wildman–Crippen LogP) is 0.915. The average Bonchev–Trinajstić information content (AvgIpc) is 2.39. The maximum absolute atomic E-state index is 11.9. The van der Waals surface area contributed by atoms with Gasteiger partial charge < -0.3 is 16.2 Å². The highest BCUT2D eigenvalue weighted by molar-refractivity contribution is 5.88. The third-order valence-corrected chi connectivity index (χ3v) is 3.34. The van der Waals surface area contributed by atoms with Crippen LogP contribution in [0.3, 0.4) is 0 Å². The van der Waals surface area contributed by atoms with Gasteiger partial charge in [-0.2, -0.15) is 0 Å². The molecule has 1 rings (SSSR count). The SMILES string of the molecule is Cc1ccccc1C[C@H](NC(=O)[C@@H](O)CC(C)C)C(N)=O. The van der Waals surface area contributed by atoms with Crippen molar-refractivity contribution in [2.45, 2.75) is 45.8 Å². The molecule has 1 aromatic rings. The second-order valence-electron chi connectivity index (χ2n) is 5.74. The van der Waals surface area contributed by atoms with Crippen LogP contribution in [0.4, 0.5) is 0 Å². The van der Waals surface area contributed by atoms with Crippen LogP contribution in [0.15, 0.2) is 24.3 Å². The highest BCUT2D eigenvalue weighted by atomic mass is 16.3. The van der Waals surface area contributed by atoms with Gasteiger partial charge in [0.25, 0.3) is 0 Å². The summed E-state index contributed by atoms with van der Waals surface area (Å²) in [6.45, 7) is 5.76. The van der Waals surface area contributed by atoms with Crippen molar-refractivity contribution in [2.24, 2.45) is 11.7 Å². The topological polar surface area (TPSA) is 92.4 Å². The van der Waals surface area contributed by atoms with Gasteiger partial charge in [0.15, 0.2) is 0 Å². The first kappa shape index (κ1) is 17.2. The Labute approximate surface area is 125 Å². The number of amides is 2. The molecule has 0 radical (unpaired) electrons. The van der Waals surface area contributed by atoms with E-state index in [9.17, 15) is 14.7 Å². The minimum Gasteiger partial charge on any atom is -0.383 e. The van der Waals surface area contributed by atoms with Crippen molar-refractivity contribution < 1.29 is 14.7 Å². The van der Waals surface area contributed by atoms with Crippen LogP contribution in [-0.2, 0) is 16.0 Å². The molecule has 5 heteroatoms. The van der Waals surface area contributed by atoms with E-state index in [2.05, 4.69) is 5.32 Å². The van der Waals surface area contributed by atoms with Crippen LogP contribution in [0, 0.1) is 12.8 Å². The van der Waals surface area contributed by atoms with E-state index in [4.69, 9.17) is 5.73 Å². The van der Waals surface area contributed by atoms with E-state index >= 15 is 0 Å². The van der Waals surface area contributed by atoms with E-state index in [0.29, 0.717) is 12.8 Å². The van der Waals surface area contributed by atoms with E-state index in [1.807, 2.05) is 45.0 Å². The van der Waals surface area contributed by atoms with Gasteiger partial charge in [0.1, 0.15) is 12.1 Å². The molecule has 0 spiro atoms. The summed E-state index contributed by atoms with van der Waals surface area (Å²) >= 11 is 0. The molecule has 0 heterocycles. The summed E-state index contributed by atoms with van der Waals surface area (Å²) in [6, 6.07) is 6.78.